The average Bonchev–Trinajstić information content (AvgIpc) is 3.44. The fraction of sp³-hybridized carbons (Fsp3) is 0.303. The van der Waals surface area contributed by atoms with Gasteiger partial charge in [-0.3, -0.25) is 14.0 Å². The fourth-order valence-corrected chi connectivity index (χ4v) is 5.31. The molecule has 212 valence electrons. The van der Waals surface area contributed by atoms with E-state index in [4.69, 9.17) is 9.47 Å². The van der Waals surface area contributed by atoms with Crippen LogP contribution in [-0.4, -0.2) is 44.3 Å². The summed E-state index contributed by atoms with van der Waals surface area (Å²) in [5.74, 6) is -0.559. The van der Waals surface area contributed by atoms with Crippen LogP contribution in [0, 0.1) is 6.92 Å². The first kappa shape index (κ1) is 28.0. The first-order chi connectivity index (χ1) is 19.9. The van der Waals surface area contributed by atoms with Crippen molar-refractivity contribution in [3.63, 3.8) is 0 Å². The number of aliphatic hydroxyl groups is 1. The molecule has 1 N–H and O–H groups in total. The van der Waals surface area contributed by atoms with E-state index in [1.165, 1.54) is 4.90 Å². The number of ether oxygens (including phenoxy) is 2. The van der Waals surface area contributed by atoms with E-state index in [9.17, 15) is 14.7 Å². The average molecular weight is 554 g/mol. The highest BCUT2D eigenvalue weighted by molar-refractivity contribution is 6.46. The first-order valence-electron chi connectivity index (χ1n) is 14.1. The molecule has 1 atom stereocenters. The summed E-state index contributed by atoms with van der Waals surface area (Å²) in [6.45, 7) is 6.98. The van der Waals surface area contributed by atoms with E-state index in [1.807, 2.05) is 73.7 Å². The SMILES string of the molecule is CCCCCOc1ccc(C2C(=C(O)c3c(C)nc4ccccn34)C(=O)C(=O)N2Cc2ccccc2)cc1OCC. The molecule has 1 fully saturated rings. The smallest absolute Gasteiger partial charge is 0.295 e. The van der Waals surface area contributed by atoms with Gasteiger partial charge in [-0.05, 0) is 55.7 Å². The van der Waals surface area contributed by atoms with Crippen LogP contribution in [0.15, 0.2) is 78.5 Å². The van der Waals surface area contributed by atoms with Gasteiger partial charge >= 0.3 is 0 Å². The van der Waals surface area contributed by atoms with E-state index in [2.05, 4.69) is 11.9 Å². The number of ketones is 1. The summed E-state index contributed by atoms with van der Waals surface area (Å²) in [6, 6.07) is 19.6. The van der Waals surface area contributed by atoms with Crippen LogP contribution in [-0.2, 0) is 16.1 Å². The quantitative estimate of drug-likeness (QED) is 0.102. The van der Waals surface area contributed by atoms with Crippen molar-refractivity contribution in [1.29, 1.82) is 0 Å². The second kappa shape index (κ2) is 12.3. The van der Waals surface area contributed by atoms with Crippen molar-refractivity contribution in [2.45, 2.75) is 52.6 Å². The van der Waals surface area contributed by atoms with Crippen LogP contribution in [0.3, 0.4) is 0 Å². The first-order valence-corrected chi connectivity index (χ1v) is 14.1. The maximum absolute atomic E-state index is 13.7. The third kappa shape index (κ3) is 5.55. The molecule has 4 aromatic rings. The highest BCUT2D eigenvalue weighted by Gasteiger charge is 2.46. The van der Waals surface area contributed by atoms with Crippen LogP contribution >= 0.6 is 0 Å². The van der Waals surface area contributed by atoms with Gasteiger partial charge in [0, 0.05) is 12.7 Å². The summed E-state index contributed by atoms with van der Waals surface area (Å²) in [5, 5.41) is 11.7. The van der Waals surface area contributed by atoms with E-state index < -0.39 is 17.7 Å². The number of hydrogen-bond acceptors (Lipinski definition) is 6. The molecule has 0 radical (unpaired) electrons. The lowest BCUT2D eigenvalue weighted by Crippen LogP contribution is -2.29. The van der Waals surface area contributed by atoms with Gasteiger partial charge < -0.3 is 19.5 Å². The van der Waals surface area contributed by atoms with Crippen LogP contribution in [0.2, 0.25) is 0 Å². The van der Waals surface area contributed by atoms with Crippen LogP contribution in [0.4, 0.5) is 0 Å². The third-order valence-corrected chi connectivity index (χ3v) is 7.25. The maximum atomic E-state index is 13.7. The van der Waals surface area contributed by atoms with Crippen molar-refractivity contribution >= 4 is 23.1 Å². The number of rotatable bonds is 11. The molecular formula is C33H35N3O5. The van der Waals surface area contributed by atoms with Gasteiger partial charge in [-0.1, -0.05) is 62.2 Å². The van der Waals surface area contributed by atoms with Gasteiger partial charge in [-0.25, -0.2) is 4.98 Å². The fourth-order valence-electron chi connectivity index (χ4n) is 5.31. The lowest BCUT2D eigenvalue weighted by atomic mass is 9.95. The lowest BCUT2D eigenvalue weighted by Gasteiger charge is -2.26. The summed E-state index contributed by atoms with van der Waals surface area (Å²) in [6.07, 6.45) is 4.86. The molecule has 1 aliphatic rings. The molecule has 0 spiro atoms. The van der Waals surface area contributed by atoms with Crippen LogP contribution in [0.1, 0.15) is 61.7 Å². The number of benzene rings is 2. The van der Waals surface area contributed by atoms with Crippen molar-refractivity contribution in [2.24, 2.45) is 0 Å². The van der Waals surface area contributed by atoms with Crippen LogP contribution in [0.25, 0.3) is 11.4 Å². The molecule has 1 unspecified atom stereocenters. The van der Waals surface area contributed by atoms with Gasteiger partial charge in [-0.2, -0.15) is 0 Å². The number of nitrogens with zero attached hydrogens (tertiary/aromatic N) is 3. The van der Waals surface area contributed by atoms with Crippen LogP contribution < -0.4 is 9.47 Å². The standard InChI is InChI=1S/C33H35N3O5/c1-4-6-12-19-41-25-17-16-24(20-26(25)40-5-2)30-28(31(37)29-22(3)34-27-15-10-11-18-35(27)29)32(38)33(39)36(30)21-23-13-8-7-9-14-23/h7-11,13-18,20,30,37H,4-6,12,19,21H2,1-3H3. The number of hydrogen-bond donors (Lipinski definition) is 1. The van der Waals surface area contributed by atoms with Crippen molar-refractivity contribution in [2.75, 3.05) is 13.2 Å². The van der Waals surface area contributed by atoms with E-state index in [0.717, 1.165) is 24.8 Å². The number of aryl methyl sites for hydroxylation is 1. The molecular weight excluding hydrogens is 518 g/mol. The Morgan fingerprint density at radius 1 is 0.951 bits per heavy atom. The second-order valence-corrected chi connectivity index (χ2v) is 10.1. The Hall–Kier alpha value is -4.59. The number of carbonyl (C=O) groups excluding carboxylic acids is 2. The maximum Gasteiger partial charge on any atom is 0.295 e. The van der Waals surface area contributed by atoms with Crippen molar-refractivity contribution in [3.8, 4) is 11.5 Å². The summed E-state index contributed by atoms with van der Waals surface area (Å²) >= 11 is 0. The molecule has 1 aliphatic heterocycles. The Labute approximate surface area is 239 Å². The van der Waals surface area contributed by atoms with E-state index in [1.54, 1.807) is 17.5 Å². The molecule has 1 saturated heterocycles. The van der Waals surface area contributed by atoms with Gasteiger partial charge in [0.15, 0.2) is 17.3 Å². The Morgan fingerprint density at radius 2 is 1.73 bits per heavy atom. The van der Waals surface area contributed by atoms with Gasteiger partial charge in [0.2, 0.25) is 0 Å². The van der Waals surface area contributed by atoms with Crippen LogP contribution in [0.5, 0.6) is 11.5 Å². The van der Waals surface area contributed by atoms with Gasteiger partial charge in [0.25, 0.3) is 11.7 Å². The molecule has 8 heteroatoms. The zero-order valence-corrected chi connectivity index (χ0v) is 23.7. The third-order valence-electron chi connectivity index (χ3n) is 7.25. The number of pyridine rings is 1. The van der Waals surface area contributed by atoms with Crippen molar-refractivity contribution in [1.82, 2.24) is 14.3 Å². The molecule has 41 heavy (non-hydrogen) atoms. The van der Waals surface area contributed by atoms with Crippen molar-refractivity contribution in [3.05, 3.63) is 101 Å². The number of aliphatic hydroxyl groups excluding tert-OH is 1. The number of carbonyl (C=O) groups is 2. The predicted octanol–water partition coefficient (Wildman–Crippen LogP) is 6.23. The topological polar surface area (TPSA) is 93.4 Å². The zero-order chi connectivity index (χ0) is 28.9. The lowest BCUT2D eigenvalue weighted by molar-refractivity contribution is -0.140. The normalized spacial score (nSPS) is 16.5. The predicted molar refractivity (Wildman–Crippen MR) is 157 cm³/mol. The van der Waals surface area contributed by atoms with E-state index in [0.29, 0.717) is 47.3 Å². The highest BCUT2D eigenvalue weighted by Crippen LogP contribution is 2.43. The minimum atomic E-state index is -0.850. The summed E-state index contributed by atoms with van der Waals surface area (Å²) in [5.41, 5.74) is 3.07. The largest absolute Gasteiger partial charge is 0.505 e. The molecule has 1 amide bonds. The minimum Gasteiger partial charge on any atom is -0.505 e. The number of unbranched alkanes of at least 4 members (excludes halogenated alkanes) is 2. The highest BCUT2D eigenvalue weighted by atomic mass is 16.5. The Morgan fingerprint density at radius 3 is 2.49 bits per heavy atom. The van der Waals surface area contributed by atoms with E-state index >= 15 is 0 Å². The number of aromatic nitrogens is 2. The molecule has 0 aliphatic carbocycles. The molecule has 8 nitrogen and oxygen atoms in total. The molecule has 3 heterocycles. The van der Waals surface area contributed by atoms with Gasteiger partial charge in [0.1, 0.15) is 11.3 Å². The molecule has 2 aromatic heterocycles. The number of imidazole rings is 1. The molecule has 5 rings (SSSR count). The Kier molecular flexibility index (Phi) is 8.38. The number of likely N-dealkylation sites (tertiary alicyclic amines) is 1. The Balaban J connectivity index is 1.65. The minimum absolute atomic E-state index is 0.0127. The number of Topliss-reactive ketones (excluding diaryl/α,β-unsaturated/α-hetero) is 1. The zero-order valence-electron chi connectivity index (χ0n) is 23.7. The summed E-state index contributed by atoms with van der Waals surface area (Å²) in [7, 11) is 0. The van der Waals surface area contributed by atoms with E-state index in [-0.39, 0.29) is 17.9 Å². The Bertz CT molecular complexity index is 1590. The summed E-state index contributed by atoms with van der Waals surface area (Å²) < 4.78 is 13.7. The number of amides is 1. The second-order valence-electron chi connectivity index (χ2n) is 10.1. The van der Waals surface area contributed by atoms with Crippen molar-refractivity contribution < 1.29 is 24.2 Å². The summed E-state index contributed by atoms with van der Waals surface area (Å²) in [4.78, 5) is 33.3. The van der Waals surface area contributed by atoms with Gasteiger partial charge in [-0.15, -0.1) is 0 Å². The monoisotopic (exact) mass is 553 g/mol. The molecule has 2 aromatic carbocycles. The number of fused-ring (bicyclic) bond motifs is 1. The molecule has 0 bridgehead atoms. The van der Waals surface area contributed by atoms with Gasteiger partial charge in [0.05, 0.1) is 30.5 Å². The molecule has 0 saturated carbocycles.